The number of ether oxygens (including phenoxy) is 3. The summed E-state index contributed by atoms with van der Waals surface area (Å²) >= 11 is 0. The number of nitrogens with zero attached hydrogens (tertiary/aromatic N) is 2. The van der Waals surface area contributed by atoms with E-state index in [4.69, 9.17) is 18.6 Å². The molecule has 3 aromatic rings. The molecule has 0 bridgehead atoms. The average Bonchev–Trinajstić information content (AvgIpc) is 3.14. The number of oxazole rings is 1. The van der Waals surface area contributed by atoms with E-state index in [2.05, 4.69) is 9.97 Å². The Kier molecular flexibility index (Phi) is 7.57. The van der Waals surface area contributed by atoms with Crippen molar-refractivity contribution in [2.45, 2.75) is 39.9 Å². The number of aryl methyl sites for hydroxylation is 1. The van der Waals surface area contributed by atoms with E-state index >= 15 is 0 Å². The predicted molar refractivity (Wildman–Crippen MR) is 111 cm³/mol. The fraction of sp³-hybridized carbons (Fsp3) is 0.348. The number of pyridine rings is 1. The molecule has 7 nitrogen and oxygen atoms in total. The third-order valence-corrected chi connectivity index (χ3v) is 4.46. The summed E-state index contributed by atoms with van der Waals surface area (Å²) < 4.78 is 22.2. The van der Waals surface area contributed by atoms with Gasteiger partial charge in [-0.1, -0.05) is 12.1 Å². The third kappa shape index (κ3) is 5.67. The number of esters is 1. The smallest absolute Gasteiger partial charge is 0.335 e. The number of carbonyl (C=O) groups excluding carboxylic acids is 1. The Bertz CT molecular complexity index is 938. The topological polar surface area (TPSA) is 83.7 Å². The second kappa shape index (κ2) is 10.5. The molecule has 0 saturated heterocycles. The van der Waals surface area contributed by atoms with Crippen LogP contribution in [0.4, 0.5) is 0 Å². The van der Waals surface area contributed by atoms with Gasteiger partial charge in [-0.15, -0.1) is 0 Å². The van der Waals surface area contributed by atoms with E-state index in [0.29, 0.717) is 43.6 Å². The zero-order valence-corrected chi connectivity index (χ0v) is 17.5. The van der Waals surface area contributed by atoms with Crippen LogP contribution in [0.15, 0.2) is 53.2 Å². The molecule has 0 radical (unpaired) electrons. The summed E-state index contributed by atoms with van der Waals surface area (Å²) in [5, 5.41) is 0. The first-order valence-corrected chi connectivity index (χ1v) is 9.97. The fourth-order valence-corrected chi connectivity index (χ4v) is 2.91. The van der Waals surface area contributed by atoms with Crippen LogP contribution in [0.25, 0.3) is 11.5 Å². The van der Waals surface area contributed by atoms with E-state index < -0.39 is 6.10 Å². The summed E-state index contributed by atoms with van der Waals surface area (Å²) in [5.41, 5.74) is 2.57. The zero-order valence-electron chi connectivity index (χ0n) is 17.5. The maximum absolute atomic E-state index is 12.0. The molecule has 2 aromatic heterocycles. The van der Waals surface area contributed by atoms with Crippen LogP contribution in [0.5, 0.6) is 5.75 Å². The van der Waals surface area contributed by atoms with Crippen LogP contribution in [-0.4, -0.2) is 35.3 Å². The minimum atomic E-state index is -0.605. The molecule has 7 heteroatoms. The van der Waals surface area contributed by atoms with E-state index in [1.165, 1.54) is 0 Å². The van der Waals surface area contributed by atoms with Crippen LogP contribution in [0.2, 0.25) is 0 Å². The summed E-state index contributed by atoms with van der Waals surface area (Å²) in [6.45, 7) is 6.58. The molecule has 158 valence electrons. The van der Waals surface area contributed by atoms with Crippen molar-refractivity contribution in [3.05, 3.63) is 65.8 Å². The second-order valence-corrected chi connectivity index (χ2v) is 6.59. The molecule has 0 unspecified atom stereocenters. The van der Waals surface area contributed by atoms with E-state index in [1.54, 1.807) is 19.3 Å². The van der Waals surface area contributed by atoms with Gasteiger partial charge in [0.05, 0.1) is 6.61 Å². The van der Waals surface area contributed by atoms with Gasteiger partial charge in [0, 0.05) is 31.0 Å². The Morgan fingerprint density at radius 3 is 2.47 bits per heavy atom. The minimum Gasteiger partial charge on any atom is -0.487 e. The van der Waals surface area contributed by atoms with Gasteiger partial charge in [-0.05, 0) is 50.6 Å². The van der Waals surface area contributed by atoms with Crippen molar-refractivity contribution in [1.29, 1.82) is 0 Å². The van der Waals surface area contributed by atoms with Gasteiger partial charge in [0.2, 0.25) is 5.89 Å². The maximum Gasteiger partial charge on any atom is 0.335 e. The first-order valence-electron chi connectivity index (χ1n) is 9.97. The van der Waals surface area contributed by atoms with Gasteiger partial charge in [-0.2, -0.15) is 0 Å². The maximum atomic E-state index is 12.0. The quantitative estimate of drug-likeness (QED) is 0.465. The molecule has 0 fully saturated rings. The van der Waals surface area contributed by atoms with Crippen molar-refractivity contribution in [1.82, 2.24) is 9.97 Å². The highest BCUT2D eigenvalue weighted by Gasteiger charge is 2.20. The van der Waals surface area contributed by atoms with Gasteiger partial charge in [-0.25, -0.2) is 9.78 Å². The van der Waals surface area contributed by atoms with Crippen LogP contribution in [0.1, 0.15) is 30.9 Å². The lowest BCUT2D eigenvalue weighted by Gasteiger charge is -2.15. The molecular formula is C23H26N2O5. The number of hydrogen-bond donors (Lipinski definition) is 0. The Hall–Kier alpha value is -3.19. The molecule has 0 spiro atoms. The standard InChI is InChI=1S/C23H26N2O5/c1-4-27-21(23(26)28-5-2)14-17-6-8-19(9-7-17)29-15-20-16(3)30-22(25-20)18-10-12-24-13-11-18/h6-13,21H,4-5,14-15H2,1-3H3/t21-/m1/s1. The summed E-state index contributed by atoms with van der Waals surface area (Å²) in [6.07, 6.45) is 3.24. The highest BCUT2D eigenvalue weighted by Crippen LogP contribution is 2.22. The van der Waals surface area contributed by atoms with Gasteiger partial charge >= 0.3 is 5.97 Å². The van der Waals surface area contributed by atoms with Crippen LogP contribution in [0.3, 0.4) is 0 Å². The minimum absolute atomic E-state index is 0.296. The molecule has 0 aliphatic heterocycles. The normalized spacial score (nSPS) is 11.8. The van der Waals surface area contributed by atoms with E-state index in [1.807, 2.05) is 50.2 Å². The number of benzene rings is 1. The monoisotopic (exact) mass is 410 g/mol. The Morgan fingerprint density at radius 2 is 1.80 bits per heavy atom. The van der Waals surface area contributed by atoms with Gasteiger partial charge in [0.1, 0.15) is 23.8 Å². The highest BCUT2D eigenvalue weighted by molar-refractivity contribution is 5.75. The molecule has 3 rings (SSSR count). The van der Waals surface area contributed by atoms with E-state index in [0.717, 1.165) is 16.8 Å². The summed E-state index contributed by atoms with van der Waals surface area (Å²) in [7, 11) is 0. The summed E-state index contributed by atoms with van der Waals surface area (Å²) in [5.74, 6) is 1.62. The van der Waals surface area contributed by atoms with Crippen molar-refractivity contribution in [3.63, 3.8) is 0 Å². The largest absolute Gasteiger partial charge is 0.487 e. The molecule has 30 heavy (non-hydrogen) atoms. The zero-order chi connectivity index (χ0) is 21.3. The van der Waals surface area contributed by atoms with Crippen LogP contribution in [-0.2, 0) is 27.3 Å². The first kappa shape index (κ1) is 21.5. The molecular weight excluding hydrogens is 384 g/mol. The molecule has 1 aromatic carbocycles. The SMILES string of the molecule is CCOC(=O)[C@@H](Cc1ccc(OCc2nc(-c3ccncc3)oc2C)cc1)OCC. The molecule has 1 atom stereocenters. The lowest BCUT2D eigenvalue weighted by molar-refractivity contribution is -0.156. The van der Waals surface area contributed by atoms with Crippen molar-refractivity contribution < 1.29 is 23.4 Å². The molecule has 2 heterocycles. The highest BCUT2D eigenvalue weighted by atomic mass is 16.6. The van der Waals surface area contributed by atoms with Crippen molar-refractivity contribution in [3.8, 4) is 17.2 Å². The lowest BCUT2D eigenvalue weighted by atomic mass is 10.1. The van der Waals surface area contributed by atoms with Crippen molar-refractivity contribution in [2.75, 3.05) is 13.2 Å². The number of aromatic nitrogens is 2. The van der Waals surface area contributed by atoms with Crippen LogP contribution in [0, 0.1) is 6.92 Å². The lowest BCUT2D eigenvalue weighted by Crippen LogP contribution is -2.28. The first-order chi connectivity index (χ1) is 14.6. The summed E-state index contributed by atoms with van der Waals surface area (Å²) in [4.78, 5) is 20.5. The Morgan fingerprint density at radius 1 is 1.07 bits per heavy atom. The van der Waals surface area contributed by atoms with Crippen LogP contribution < -0.4 is 4.74 Å². The van der Waals surface area contributed by atoms with Gasteiger partial charge in [0.15, 0.2) is 6.10 Å². The molecule has 0 aliphatic rings. The number of carbonyl (C=O) groups is 1. The van der Waals surface area contributed by atoms with Crippen molar-refractivity contribution >= 4 is 5.97 Å². The van der Waals surface area contributed by atoms with Crippen molar-refractivity contribution in [2.24, 2.45) is 0 Å². The Labute approximate surface area is 176 Å². The Balaban J connectivity index is 1.60. The van der Waals surface area contributed by atoms with E-state index in [-0.39, 0.29) is 5.97 Å². The van der Waals surface area contributed by atoms with Gasteiger partial charge in [0.25, 0.3) is 0 Å². The molecule has 0 N–H and O–H groups in total. The van der Waals surface area contributed by atoms with Gasteiger partial charge in [-0.3, -0.25) is 4.98 Å². The predicted octanol–water partition coefficient (Wildman–Crippen LogP) is 4.13. The molecule has 0 amide bonds. The summed E-state index contributed by atoms with van der Waals surface area (Å²) in [6, 6.07) is 11.3. The fourth-order valence-electron chi connectivity index (χ4n) is 2.91. The average molecular weight is 410 g/mol. The van der Waals surface area contributed by atoms with E-state index in [9.17, 15) is 4.79 Å². The molecule has 0 saturated carbocycles. The van der Waals surface area contributed by atoms with Crippen LogP contribution >= 0.6 is 0 Å². The second-order valence-electron chi connectivity index (χ2n) is 6.59. The molecule has 0 aliphatic carbocycles. The number of hydrogen-bond acceptors (Lipinski definition) is 7. The van der Waals surface area contributed by atoms with Gasteiger partial charge < -0.3 is 18.6 Å². The third-order valence-electron chi connectivity index (χ3n) is 4.46. The number of rotatable bonds is 10.